The summed E-state index contributed by atoms with van der Waals surface area (Å²) in [6, 6.07) is 10.1. The van der Waals surface area contributed by atoms with Crippen LogP contribution in [0.1, 0.15) is 5.69 Å². The first kappa shape index (κ1) is 12.4. The van der Waals surface area contributed by atoms with Gasteiger partial charge in [0.2, 0.25) is 5.95 Å². The van der Waals surface area contributed by atoms with Crippen molar-refractivity contribution < 1.29 is 4.52 Å². The number of imidazole rings is 1. The zero-order chi connectivity index (χ0) is 14.1. The third kappa shape index (κ3) is 2.50. The highest BCUT2D eigenvalue weighted by Crippen LogP contribution is 2.18. The van der Waals surface area contributed by atoms with Gasteiger partial charge >= 0.3 is 0 Å². The molecule has 4 rings (SSSR count). The molecule has 0 radical (unpaired) electrons. The van der Waals surface area contributed by atoms with Gasteiger partial charge in [-0.3, -0.25) is 4.90 Å². The number of hydrogen-bond donors (Lipinski definition) is 1. The molecule has 0 amide bonds. The lowest BCUT2D eigenvalue weighted by atomic mass is 10.3. The monoisotopic (exact) mass is 283 g/mol. The third-order valence-electron chi connectivity index (χ3n) is 3.93. The van der Waals surface area contributed by atoms with Gasteiger partial charge in [-0.05, 0) is 12.1 Å². The molecule has 1 aliphatic heterocycles. The van der Waals surface area contributed by atoms with Crippen molar-refractivity contribution in [3.63, 3.8) is 0 Å². The van der Waals surface area contributed by atoms with E-state index < -0.39 is 0 Å². The lowest BCUT2D eigenvalue weighted by Gasteiger charge is -2.34. The van der Waals surface area contributed by atoms with Gasteiger partial charge in [0.15, 0.2) is 0 Å². The van der Waals surface area contributed by atoms with Crippen molar-refractivity contribution in [1.29, 1.82) is 0 Å². The number of nitrogens with one attached hydrogen (secondary N) is 1. The van der Waals surface area contributed by atoms with E-state index in [0.29, 0.717) is 0 Å². The number of anilines is 1. The van der Waals surface area contributed by atoms with E-state index in [2.05, 4.69) is 31.0 Å². The summed E-state index contributed by atoms with van der Waals surface area (Å²) in [6.45, 7) is 4.80. The largest absolute Gasteiger partial charge is 0.364 e. The molecule has 1 aliphatic rings. The highest BCUT2D eigenvalue weighted by molar-refractivity contribution is 5.77. The molecule has 0 aliphatic carbocycles. The van der Waals surface area contributed by atoms with E-state index in [1.54, 1.807) is 6.26 Å². The topological polar surface area (TPSA) is 61.2 Å². The van der Waals surface area contributed by atoms with Crippen LogP contribution in [0, 0.1) is 0 Å². The summed E-state index contributed by atoms with van der Waals surface area (Å²) in [7, 11) is 0. The highest BCUT2D eigenvalue weighted by Gasteiger charge is 2.20. The molecular formula is C15H17N5O. The molecule has 1 fully saturated rings. The first-order valence-corrected chi connectivity index (χ1v) is 7.20. The zero-order valence-electron chi connectivity index (χ0n) is 11.7. The number of piperazine rings is 1. The Balaban J connectivity index is 1.42. The van der Waals surface area contributed by atoms with Gasteiger partial charge in [0.05, 0.1) is 16.7 Å². The van der Waals surface area contributed by atoms with Crippen molar-refractivity contribution in [2.45, 2.75) is 6.54 Å². The average molecular weight is 283 g/mol. The number of para-hydroxylation sites is 2. The van der Waals surface area contributed by atoms with E-state index in [1.807, 2.05) is 24.3 Å². The van der Waals surface area contributed by atoms with Crippen LogP contribution in [-0.2, 0) is 6.54 Å². The van der Waals surface area contributed by atoms with Crippen LogP contribution in [0.2, 0.25) is 0 Å². The van der Waals surface area contributed by atoms with Crippen molar-refractivity contribution >= 4 is 17.0 Å². The molecule has 0 atom stereocenters. The van der Waals surface area contributed by atoms with Crippen LogP contribution < -0.4 is 4.90 Å². The molecule has 1 saturated heterocycles. The molecule has 2 aromatic heterocycles. The molecule has 6 nitrogen and oxygen atoms in total. The van der Waals surface area contributed by atoms with Crippen LogP contribution in [0.5, 0.6) is 0 Å². The van der Waals surface area contributed by atoms with Gasteiger partial charge < -0.3 is 14.4 Å². The molecule has 1 aromatic carbocycles. The fraction of sp³-hybridized carbons (Fsp3) is 0.333. The molecule has 0 saturated carbocycles. The number of H-pyrrole nitrogens is 1. The lowest BCUT2D eigenvalue weighted by Crippen LogP contribution is -2.46. The number of benzene rings is 1. The van der Waals surface area contributed by atoms with Crippen LogP contribution in [-0.4, -0.2) is 46.2 Å². The fourth-order valence-corrected chi connectivity index (χ4v) is 2.76. The number of hydrogen-bond acceptors (Lipinski definition) is 5. The van der Waals surface area contributed by atoms with Gasteiger partial charge in [0, 0.05) is 38.8 Å². The Morgan fingerprint density at radius 1 is 1.10 bits per heavy atom. The van der Waals surface area contributed by atoms with E-state index >= 15 is 0 Å². The summed E-state index contributed by atoms with van der Waals surface area (Å²) in [5, 5.41) is 3.97. The van der Waals surface area contributed by atoms with E-state index in [0.717, 1.165) is 55.4 Å². The first-order valence-electron chi connectivity index (χ1n) is 7.20. The maximum absolute atomic E-state index is 4.88. The summed E-state index contributed by atoms with van der Waals surface area (Å²) in [5.41, 5.74) is 3.11. The normalized spacial score (nSPS) is 16.7. The molecule has 21 heavy (non-hydrogen) atoms. The average Bonchev–Trinajstić information content (AvgIpc) is 3.16. The predicted molar refractivity (Wildman–Crippen MR) is 80.1 cm³/mol. The van der Waals surface area contributed by atoms with Gasteiger partial charge in [-0.15, -0.1) is 0 Å². The van der Waals surface area contributed by atoms with Crippen LogP contribution in [0.3, 0.4) is 0 Å². The van der Waals surface area contributed by atoms with Crippen LogP contribution >= 0.6 is 0 Å². The Bertz CT molecular complexity index is 680. The number of aromatic nitrogens is 3. The SMILES string of the molecule is c1ccc2[nH]c(N3CCN(Cc4ccon4)CC3)nc2c1. The summed E-state index contributed by atoms with van der Waals surface area (Å²) >= 11 is 0. The van der Waals surface area contributed by atoms with Crippen LogP contribution in [0.25, 0.3) is 11.0 Å². The second-order valence-corrected chi connectivity index (χ2v) is 5.33. The maximum atomic E-state index is 4.88. The van der Waals surface area contributed by atoms with Crippen LogP contribution in [0.15, 0.2) is 41.1 Å². The quantitative estimate of drug-likeness (QED) is 0.795. The van der Waals surface area contributed by atoms with Crippen molar-refractivity contribution in [1.82, 2.24) is 20.0 Å². The minimum atomic E-state index is 0.852. The summed E-state index contributed by atoms with van der Waals surface area (Å²) in [5.74, 6) is 0.970. The van der Waals surface area contributed by atoms with Gasteiger partial charge in [-0.25, -0.2) is 4.98 Å². The summed E-state index contributed by atoms with van der Waals surface area (Å²) in [6.07, 6.45) is 1.62. The van der Waals surface area contributed by atoms with E-state index in [4.69, 9.17) is 4.52 Å². The molecule has 0 unspecified atom stereocenters. The van der Waals surface area contributed by atoms with Crippen molar-refractivity contribution in [3.8, 4) is 0 Å². The molecule has 1 N–H and O–H groups in total. The fourth-order valence-electron chi connectivity index (χ4n) is 2.76. The molecule has 3 aromatic rings. The number of rotatable bonds is 3. The number of nitrogens with zero attached hydrogens (tertiary/aromatic N) is 4. The third-order valence-corrected chi connectivity index (χ3v) is 3.93. The van der Waals surface area contributed by atoms with Gasteiger partial charge in [-0.1, -0.05) is 17.3 Å². The van der Waals surface area contributed by atoms with Crippen molar-refractivity contribution in [2.75, 3.05) is 31.1 Å². The molecule has 0 spiro atoms. The standard InChI is InChI=1S/C15H17N5O/c1-2-4-14-13(3-1)16-15(17-14)20-8-6-19(7-9-20)11-12-5-10-21-18-12/h1-5,10H,6-9,11H2,(H,16,17). The predicted octanol–water partition coefficient (Wildman–Crippen LogP) is 1.87. The van der Waals surface area contributed by atoms with Gasteiger partial charge in [0.1, 0.15) is 6.26 Å². The number of aromatic amines is 1. The minimum Gasteiger partial charge on any atom is -0.364 e. The van der Waals surface area contributed by atoms with E-state index in [9.17, 15) is 0 Å². The molecule has 108 valence electrons. The Labute approximate surface area is 122 Å². The maximum Gasteiger partial charge on any atom is 0.203 e. The Morgan fingerprint density at radius 2 is 1.95 bits per heavy atom. The Hall–Kier alpha value is -2.34. The van der Waals surface area contributed by atoms with E-state index in [1.165, 1.54) is 0 Å². The lowest BCUT2D eigenvalue weighted by molar-refractivity contribution is 0.241. The Morgan fingerprint density at radius 3 is 2.71 bits per heavy atom. The van der Waals surface area contributed by atoms with Gasteiger partial charge in [-0.2, -0.15) is 0 Å². The molecular weight excluding hydrogens is 266 g/mol. The van der Waals surface area contributed by atoms with E-state index in [-0.39, 0.29) is 0 Å². The van der Waals surface area contributed by atoms with Crippen molar-refractivity contribution in [3.05, 3.63) is 42.3 Å². The molecule has 0 bridgehead atoms. The molecule has 6 heteroatoms. The minimum absolute atomic E-state index is 0.852. The second kappa shape index (κ2) is 5.21. The highest BCUT2D eigenvalue weighted by atomic mass is 16.5. The first-order chi connectivity index (χ1) is 10.4. The van der Waals surface area contributed by atoms with Gasteiger partial charge in [0.25, 0.3) is 0 Å². The van der Waals surface area contributed by atoms with Crippen LogP contribution in [0.4, 0.5) is 5.95 Å². The smallest absolute Gasteiger partial charge is 0.203 e. The Kier molecular flexibility index (Phi) is 3.08. The van der Waals surface area contributed by atoms with Crippen molar-refractivity contribution in [2.24, 2.45) is 0 Å². The second-order valence-electron chi connectivity index (χ2n) is 5.33. The summed E-state index contributed by atoms with van der Waals surface area (Å²) < 4.78 is 4.88. The summed E-state index contributed by atoms with van der Waals surface area (Å²) in [4.78, 5) is 12.7. The zero-order valence-corrected chi connectivity index (χ0v) is 11.7. The number of fused-ring (bicyclic) bond motifs is 1. The molecule has 3 heterocycles.